The summed E-state index contributed by atoms with van der Waals surface area (Å²) in [5, 5.41) is 5.00. The maximum absolute atomic E-state index is 11.9. The second-order valence-electron chi connectivity index (χ2n) is 5.15. The second kappa shape index (κ2) is 8.78. The molecule has 2 amide bonds. The van der Waals surface area contributed by atoms with Crippen LogP contribution in [-0.2, 0) is 9.53 Å². The van der Waals surface area contributed by atoms with Gasteiger partial charge in [0.15, 0.2) is 0 Å². The molecule has 0 saturated heterocycles. The minimum Gasteiger partial charge on any atom is -0.464 e. The highest BCUT2D eigenvalue weighted by Crippen LogP contribution is 2.21. The van der Waals surface area contributed by atoms with Gasteiger partial charge in [0.2, 0.25) is 0 Å². The molecule has 0 aromatic heterocycles. The molecule has 1 unspecified atom stereocenters. The maximum atomic E-state index is 11.9. The van der Waals surface area contributed by atoms with Crippen molar-refractivity contribution in [1.29, 1.82) is 0 Å². The molecule has 1 atom stereocenters. The highest BCUT2D eigenvalue weighted by molar-refractivity contribution is 5.74. The minimum absolute atomic E-state index is 0.0648. The fraction of sp³-hybridized carbons (Fsp3) is 0.846. The highest BCUT2D eigenvalue weighted by atomic mass is 16.5. The van der Waals surface area contributed by atoms with Gasteiger partial charge in [-0.05, 0) is 18.3 Å². The molecule has 0 radical (unpaired) electrons. The molecule has 0 aliphatic rings. The molecule has 2 N–H and O–H groups in total. The van der Waals surface area contributed by atoms with Gasteiger partial charge >= 0.3 is 12.0 Å². The number of carbonyl (C=O) groups is 2. The first-order valence-electron chi connectivity index (χ1n) is 6.50. The van der Waals surface area contributed by atoms with E-state index in [9.17, 15) is 9.59 Å². The van der Waals surface area contributed by atoms with Crippen LogP contribution >= 0.6 is 0 Å². The van der Waals surface area contributed by atoms with Gasteiger partial charge in [-0.1, -0.05) is 27.7 Å². The summed E-state index contributed by atoms with van der Waals surface area (Å²) in [7, 11) is 1.54. The van der Waals surface area contributed by atoms with Crippen molar-refractivity contribution >= 4 is 12.0 Å². The average Bonchev–Trinajstić information content (AvgIpc) is 2.30. The second-order valence-corrected chi connectivity index (χ2v) is 5.15. The number of hydrogen-bond acceptors (Lipinski definition) is 3. The van der Waals surface area contributed by atoms with Gasteiger partial charge in [-0.3, -0.25) is 4.79 Å². The first kappa shape index (κ1) is 16.7. The Morgan fingerprint density at radius 3 is 2.22 bits per heavy atom. The number of urea groups is 1. The van der Waals surface area contributed by atoms with Crippen LogP contribution in [0.15, 0.2) is 0 Å². The van der Waals surface area contributed by atoms with E-state index in [4.69, 9.17) is 4.74 Å². The van der Waals surface area contributed by atoms with Gasteiger partial charge in [-0.2, -0.15) is 0 Å². The van der Waals surface area contributed by atoms with Crippen molar-refractivity contribution in [3.8, 4) is 0 Å². The van der Waals surface area contributed by atoms with Crippen molar-refractivity contribution in [1.82, 2.24) is 10.6 Å². The monoisotopic (exact) mass is 258 g/mol. The van der Waals surface area contributed by atoms with Crippen molar-refractivity contribution in [2.24, 2.45) is 17.8 Å². The van der Waals surface area contributed by atoms with Gasteiger partial charge in [0.05, 0.1) is 12.5 Å². The Bertz CT molecular complexity index is 265. The summed E-state index contributed by atoms with van der Waals surface area (Å²) in [5.74, 6) is 0.503. The molecular weight excluding hydrogens is 232 g/mol. The van der Waals surface area contributed by atoms with Gasteiger partial charge in [0.25, 0.3) is 0 Å². The summed E-state index contributed by atoms with van der Waals surface area (Å²) in [6, 6.07) is -0.270. The third-order valence-corrected chi connectivity index (χ3v) is 2.69. The van der Waals surface area contributed by atoms with Crippen LogP contribution in [0.3, 0.4) is 0 Å². The molecule has 0 aromatic rings. The SMILES string of the molecule is CNC(=O)NCCOC(=O)C(CC(C)C)C(C)C. The van der Waals surface area contributed by atoms with Gasteiger partial charge in [0, 0.05) is 7.05 Å². The van der Waals surface area contributed by atoms with Crippen molar-refractivity contribution in [3.05, 3.63) is 0 Å². The van der Waals surface area contributed by atoms with Gasteiger partial charge in [-0.25, -0.2) is 4.79 Å². The van der Waals surface area contributed by atoms with E-state index in [2.05, 4.69) is 24.5 Å². The van der Waals surface area contributed by atoms with Crippen LogP contribution in [0.4, 0.5) is 4.79 Å². The zero-order valence-electron chi connectivity index (χ0n) is 12.1. The Hall–Kier alpha value is -1.26. The Labute approximate surface area is 110 Å². The number of rotatable bonds is 7. The lowest BCUT2D eigenvalue weighted by Crippen LogP contribution is -2.36. The van der Waals surface area contributed by atoms with Crippen LogP contribution < -0.4 is 10.6 Å². The van der Waals surface area contributed by atoms with Crippen LogP contribution in [-0.4, -0.2) is 32.2 Å². The predicted octanol–water partition coefficient (Wildman–Crippen LogP) is 1.78. The molecule has 0 heterocycles. The Kier molecular flexibility index (Phi) is 8.16. The van der Waals surface area contributed by atoms with Crippen LogP contribution in [0.25, 0.3) is 0 Å². The minimum atomic E-state index is -0.270. The molecular formula is C13H26N2O3. The Morgan fingerprint density at radius 1 is 1.17 bits per heavy atom. The van der Waals surface area contributed by atoms with E-state index in [-0.39, 0.29) is 30.4 Å². The van der Waals surface area contributed by atoms with E-state index in [1.54, 1.807) is 7.05 Å². The Morgan fingerprint density at radius 2 is 1.78 bits per heavy atom. The number of esters is 1. The molecule has 18 heavy (non-hydrogen) atoms. The van der Waals surface area contributed by atoms with E-state index in [0.717, 1.165) is 6.42 Å². The third kappa shape index (κ3) is 7.14. The summed E-state index contributed by atoms with van der Waals surface area (Å²) in [4.78, 5) is 22.8. The molecule has 5 nitrogen and oxygen atoms in total. The van der Waals surface area contributed by atoms with Crippen molar-refractivity contribution < 1.29 is 14.3 Å². The van der Waals surface area contributed by atoms with Crippen LogP contribution in [0.1, 0.15) is 34.1 Å². The van der Waals surface area contributed by atoms with Gasteiger partial charge in [-0.15, -0.1) is 0 Å². The third-order valence-electron chi connectivity index (χ3n) is 2.69. The fourth-order valence-corrected chi connectivity index (χ4v) is 1.66. The summed E-state index contributed by atoms with van der Waals surface area (Å²) in [6.45, 7) is 8.78. The molecule has 5 heteroatoms. The zero-order valence-corrected chi connectivity index (χ0v) is 12.1. The molecule has 0 saturated carbocycles. The lowest BCUT2D eigenvalue weighted by atomic mass is 9.88. The molecule has 0 fully saturated rings. The van der Waals surface area contributed by atoms with Gasteiger partial charge < -0.3 is 15.4 Å². The van der Waals surface area contributed by atoms with E-state index < -0.39 is 0 Å². The zero-order chi connectivity index (χ0) is 14.1. The number of amides is 2. The standard InChI is InChI=1S/C13H26N2O3/c1-9(2)8-11(10(3)4)12(16)18-7-6-15-13(17)14-5/h9-11H,6-8H2,1-5H3,(H2,14,15,17). The maximum Gasteiger partial charge on any atom is 0.314 e. The first-order chi connectivity index (χ1) is 8.38. The molecule has 0 aliphatic carbocycles. The lowest BCUT2D eigenvalue weighted by Gasteiger charge is -2.21. The topological polar surface area (TPSA) is 67.4 Å². The van der Waals surface area contributed by atoms with Crippen LogP contribution in [0, 0.1) is 17.8 Å². The molecule has 106 valence electrons. The number of carbonyl (C=O) groups excluding carboxylic acids is 2. The molecule has 0 bridgehead atoms. The predicted molar refractivity (Wildman–Crippen MR) is 71.2 cm³/mol. The van der Waals surface area contributed by atoms with Crippen LogP contribution in [0.5, 0.6) is 0 Å². The fourth-order valence-electron chi connectivity index (χ4n) is 1.66. The highest BCUT2D eigenvalue weighted by Gasteiger charge is 2.24. The van der Waals surface area contributed by atoms with Gasteiger partial charge in [0.1, 0.15) is 6.61 Å². The van der Waals surface area contributed by atoms with Crippen molar-refractivity contribution in [3.63, 3.8) is 0 Å². The molecule has 0 rings (SSSR count). The quantitative estimate of drug-likeness (QED) is 0.540. The number of ether oxygens (including phenoxy) is 1. The molecule has 0 aliphatic heterocycles. The van der Waals surface area contributed by atoms with E-state index in [1.807, 2.05) is 13.8 Å². The lowest BCUT2D eigenvalue weighted by molar-refractivity contribution is -0.150. The van der Waals surface area contributed by atoms with E-state index >= 15 is 0 Å². The molecule has 0 spiro atoms. The Balaban J connectivity index is 4.00. The number of nitrogens with one attached hydrogen (secondary N) is 2. The average molecular weight is 258 g/mol. The molecule has 0 aromatic carbocycles. The summed E-state index contributed by atoms with van der Waals surface area (Å²) >= 11 is 0. The largest absolute Gasteiger partial charge is 0.464 e. The van der Waals surface area contributed by atoms with Crippen molar-refractivity contribution in [2.75, 3.05) is 20.2 Å². The van der Waals surface area contributed by atoms with Crippen LogP contribution in [0.2, 0.25) is 0 Å². The van der Waals surface area contributed by atoms with E-state index in [0.29, 0.717) is 12.5 Å². The summed E-state index contributed by atoms with van der Waals surface area (Å²) < 4.78 is 5.18. The van der Waals surface area contributed by atoms with Crippen molar-refractivity contribution in [2.45, 2.75) is 34.1 Å². The summed E-state index contributed by atoms with van der Waals surface area (Å²) in [6.07, 6.45) is 0.833. The summed E-state index contributed by atoms with van der Waals surface area (Å²) in [5.41, 5.74) is 0. The first-order valence-corrected chi connectivity index (χ1v) is 6.50. The normalized spacial score (nSPS) is 12.4. The number of hydrogen-bond donors (Lipinski definition) is 2. The smallest absolute Gasteiger partial charge is 0.314 e. The van der Waals surface area contributed by atoms with E-state index in [1.165, 1.54) is 0 Å².